The lowest BCUT2D eigenvalue weighted by atomic mass is 10.3. The number of anilines is 1. The van der Waals surface area contributed by atoms with Gasteiger partial charge in [-0.2, -0.15) is 0 Å². The fourth-order valence-corrected chi connectivity index (χ4v) is 2.01. The second kappa shape index (κ2) is 4.01. The van der Waals surface area contributed by atoms with Crippen LogP contribution in [-0.4, -0.2) is 14.5 Å². The maximum atomic E-state index is 5.81. The Kier molecular flexibility index (Phi) is 2.91. The average molecular weight is 412 g/mol. The number of aromatic nitrogens is 3. The van der Waals surface area contributed by atoms with Gasteiger partial charge in [-0.25, -0.2) is 4.98 Å². The SMILES string of the molecule is Nc1cnccc1-n1cnc(I)c1I. The molecule has 2 aromatic heterocycles. The zero-order valence-electron chi connectivity index (χ0n) is 6.98. The van der Waals surface area contributed by atoms with E-state index in [0.29, 0.717) is 5.69 Å². The third kappa shape index (κ3) is 1.72. The van der Waals surface area contributed by atoms with Crippen molar-refractivity contribution < 1.29 is 0 Å². The van der Waals surface area contributed by atoms with Crippen molar-refractivity contribution in [1.29, 1.82) is 0 Å². The quantitative estimate of drug-likeness (QED) is 0.731. The molecule has 2 aromatic rings. The lowest BCUT2D eigenvalue weighted by Gasteiger charge is -2.06. The van der Waals surface area contributed by atoms with E-state index in [0.717, 1.165) is 13.1 Å². The number of rotatable bonds is 1. The number of hydrogen-bond acceptors (Lipinski definition) is 3. The largest absolute Gasteiger partial charge is 0.396 e. The average Bonchev–Trinajstić information content (AvgIpc) is 2.49. The molecule has 0 atom stereocenters. The van der Waals surface area contributed by atoms with Gasteiger partial charge in [0.05, 0.1) is 17.6 Å². The van der Waals surface area contributed by atoms with Crippen LogP contribution in [0.5, 0.6) is 0 Å². The molecule has 4 nitrogen and oxygen atoms in total. The van der Waals surface area contributed by atoms with Gasteiger partial charge in [-0.05, 0) is 51.2 Å². The van der Waals surface area contributed by atoms with E-state index in [4.69, 9.17) is 5.73 Å². The van der Waals surface area contributed by atoms with Crippen LogP contribution in [0.3, 0.4) is 0 Å². The molecule has 0 spiro atoms. The minimum absolute atomic E-state index is 0.652. The molecule has 2 heterocycles. The summed E-state index contributed by atoms with van der Waals surface area (Å²) in [5.41, 5.74) is 7.38. The molecule has 0 aliphatic heterocycles. The van der Waals surface area contributed by atoms with Gasteiger partial charge in [0.2, 0.25) is 0 Å². The summed E-state index contributed by atoms with van der Waals surface area (Å²) in [7, 11) is 0. The fraction of sp³-hybridized carbons (Fsp3) is 0. The van der Waals surface area contributed by atoms with Crippen LogP contribution in [0.15, 0.2) is 24.8 Å². The highest BCUT2D eigenvalue weighted by Gasteiger charge is 2.08. The molecule has 0 saturated heterocycles. The second-order valence-corrected chi connectivity index (χ2v) is 4.67. The first kappa shape index (κ1) is 10.1. The molecular weight excluding hydrogens is 406 g/mol. The van der Waals surface area contributed by atoms with Gasteiger partial charge in [0.1, 0.15) is 13.7 Å². The minimum atomic E-state index is 0.652. The molecule has 2 rings (SSSR count). The maximum absolute atomic E-state index is 5.81. The summed E-state index contributed by atoms with van der Waals surface area (Å²) < 4.78 is 3.97. The van der Waals surface area contributed by atoms with Gasteiger partial charge in [0.15, 0.2) is 0 Å². The van der Waals surface area contributed by atoms with Crippen molar-refractivity contribution >= 4 is 50.9 Å². The molecule has 0 aliphatic rings. The summed E-state index contributed by atoms with van der Waals surface area (Å²) in [6, 6.07) is 1.87. The van der Waals surface area contributed by atoms with Crippen molar-refractivity contribution in [2.45, 2.75) is 0 Å². The summed E-state index contributed by atoms with van der Waals surface area (Å²) in [5.74, 6) is 0. The van der Waals surface area contributed by atoms with Crippen LogP contribution >= 0.6 is 45.2 Å². The molecule has 2 N–H and O–H groups in total. The van der Waals surface area contributed by atoms with Crippen molar-refractivity contribution in [3.63, 3.8) is 0 Å². The Morgan fingerprint density at radius 3 is 2.71 bits per heavy atom. The zero-order chi connectivity index (χ0) is 10.1. The molecule has 0 unspecified atom stereocenters. The van der Waals surface area contributed by atoms with E-state index >= 15 is 0 Å². The topological polar surface area (TPSA) is 56.7 Å². The fourth-order valence-electron chi connectivity index (χ4n) is 1.10. The first-order chi connectivity index (χ1) is 6.70. The van der Waals surface area contributed by atoms with Crippen LogP contribution in [0.2, 0.25) is 0 Å². The van der Waals surface area contributed by atoms with E-state index in [1.54, 1.807) is 18.7 Å². The maximum Gasteiger partial charge on any atom is 0.133 e. The third-order valence-electron chi connectivity index (χ3n) is 1.76. The van der Waals surface area contributed by atoms with Crippen molar-refractivity contribution in [3.8, 4) is 5.69 Å². The van der Waals surface area contributed by atoms with E-state index in [1.807, 2.05) is 10.6 Å². The van der Waals surface area contributed by atoms with Crippen LogP contribution in [0.1, 0.15) is 0 Å². The molecule has 0 saturated carbocycles. The first-order valence-corrected chi connectivity index (χ1v) is 5.94. The van der Waals surface area contributed by atoms with Gasteiger partial charge in [-0.15, -0.1) is 0 Å². The zero-order valence-corrected chi connectivity index (χ0v) is 11.3. The molecular formula is C8H6I2N4. The molecule has 6 heteroatoms. The Hall–Kier alpha value is -0.380. The summed E-state index contributed by atoms with van der Waals surface area (Å²) in [5, 5.41) is 0. The van der Waals surface area contributed by atoms with Crippen molar-refractivity contribution in [2.75, 3.05) is 5.73 Å². The van der Waals surface area contributed by atoms with E-state index in [-0.39, 0.29) is 0 Å². The smallest absolute Gasteiger partial charge is 0.133 e. The Labute approximate surface area is 108 Å². The molecule has 72 valence electrons. The molecule has 0 radical (unpaired) electrons. The number of pyridine rings is 1. The van der Waals surface area contributed by atoms with Crippen LogP contribution in [0, 0.1) is 7.40 Å². The Morgan fingerprint density at radius 2 is 2.14 bits per heavy atom. The van der Waals surface area contributed by atoms with Gasteiger partial charge >= 0.3 is 0 Å². The molecule has 0 bridgehead atoms. The number of nitrogen functional groups attached to an aromatic ring is 1. The first-order valence-electron chi connectivity index (χ1n) is 3.78. The number of nitrogens with zero attached hydrogens (tertiary/aromatic N) is 3. The Morgan fingerprint density at radius 1 is 1.36 bits per heavy atom. The third-order valence-corrected chi connectivity index (χ3v) is 4.61. The van der Waals surface area contributed by atoms with E-state index < -0.39 is 0 Å². The number of hydrogen-bond donors (Lipinski definition) is 1. The molecule has 0 aliphatic carbocycles. The predicted octanol–water partition coefficient (Wildman–Crippen LogP) is 2.06. The number of halogens is 2. The standard InChI is InChI=1S/C8H6I2N4/c9-7-8(10)14(4-13-7)6-1-2-12-3-5(6)11/h1-4H,11H2. The molecule has 14 heavy (non-hydrogen) atoms. The van der Waals surface area contributed by atoms with Gasteiger partial charge in [0.25, 0.3) is 0 Å². The van der Waals surface area contributed by atoms with E-state index in [1.165, 1.54) is 0 Å². The van der Waals surface area contributed by atoms with E-state index in [2.05, 4.69) is 55.1 Å². The predicted molar refractivity (Wildman–Crippen MR) is 71.2 cm³/mol. The highest BCUT2D eigenvalue weighted by atomic mass is 127. The lowest BCUT2D eigenvalue weighted by Crippen LogP contribution is -2.00. The molecule has 0 fully saturated rings. The highest BCUT2D eigenvalue weighted by Crippen LogP contribution is 2.21. The number of nitrogens with two attached hydrogens (primary N) is 1. The summed E-state index contributed by atoms with van der Waals surface area (Å²) >= 11 is 4.43. The van der Waals surface area contributed by atoms with Crippen LogP contribution in [0.4, 0.5) is 5.69 Å². The van der Waals surface area contributed by atoms with Gasteiger partial charge < -0.3 is 5.73 Å². The lowest BCUT2D eigenvalue weighted by molar-refractivity contribution is 1.02. The normalized spacial score (nSPS) is 10.4. The number of imidazole rings is 1. The summed E-state index contributed by atoms with van der Waals surface area (Å²) in [6.45, 7) is 0. The Balaban J connectivity index is 2.60. The highest BCUT2D eigenvalue weighted by molar-refractivity contribution is 14.1. The summed E-state index contributed by atoms with van der Waals surface area (Å²) in [4.78, 5) is 8.14. The van der Waals surface area contributed by atoms with E-state index in [9.17, 15) is 0 Å². The van der Waals surface area contributed by atoms with Crippen LogP contribution in [-0.2, 0) is 0 Å². The van der Waals surface area contributed by atoms with Gasteiger partial charge in [0, 0.05) is 6.20 Å². The Bertz CT molecular complexity index is 466. The van der Waals surface area contributed by atoms with Crippen molar-refractivity contribution in [2.24, 2.45) is 0 Å². The van der Waals surface area contributed by atoms with Crippen LogP contribution in [0.25, 0.3) is 5.69 Å². The van der Waals surface area contributed by atoms with Gasteiger partial charge in [-0.1, -0.05) is 0 Å². The van der Waals surface area contributed by atoms with Crippen LogP contribution < -0.4 is 5.73 Å². The van der Waals surface area contributed by atoms with Crippen molar-refractivity contribution in [1.82, 2.24) is 14.5 Å². The second-order valence-electron chi connectivity index (χ2n) is 2.63. The minimum Gasteiger partial charge on any atom is -0.396 e. The molecule has 0 aromatic carbocycles. The van der Waals surface area contributed by atoms with Crippen molar-refractivity contribution in [3.05, 3.63) is 32.2 Å². The monoisotopic (exact) mass is 412 g/mol. The van der Waals surface area contributed by atoms with Gasteiger partial charge in [-0.3, -0.25) is 9.55 Å². The molecule has 0 amide bonds. The summed E-state index contributed by atoms with van der Waals surface area (Å²) in [6.07, 6.45) is 5.11.